The number of ether oxygens (including phenoxy) is 1. The number of halogens is 1. The molecule has 0 aliphatic heterocycles. The molecule has 0 heterocycles. The maximum atomic E-state index is 13.7. The summed E-state index contributed by atoms with van der Waals surface area (Å²) < 4.78 is 45.8. The van der Waals surface area contributed by atoms with E-state index >= 15 is 0 Å². The van der Waals surface area contributed by atoms with Crippen molar-refractivity contribution in [2.45, 2.75) is 45.8 Å². The zero-order valence-electron chi connectivity index (χ0n) is 22.5. The van der Waals surface area contributed by atoms with Crippen LogP contribution in [-0.4, -0.2) is 50.0 Å². The van der Waals surface area contributed by atoms with Crippen LogP contribution in [-0.2, 0) is 26.2 Å². The molecular weight excluding hydrogens is 521 g/mol. The molecule has 10 heteroatoms. The molecule has 0 saturated carbocycles. The first-order chi connectivity index (χ1) is 18.5. The van der Waals surface area contributed by atoms with E-state index in [4.69, 9.17) is 4.74 Å². The van der Waals surface area contributed by atoms with Gasteiger partial charge in [-0.15, -0.1) is 0 Å². The molecule has 0 saturated heterocycles. The number of rotatable bonds is 12. The van der Waals surface area contributed by atoms with E-state index in [9.17, 15) is 22.4 Å². The summed E-state index contributed by atoms with van der Waals surface area (Å²) in [5, 5.41) is 2.83. The third kappa shape index (κ3) is 8.54. The second kappa shape index (κ2) is 13.2. The number of benzene rings is 3. The Morgan fingerprint density at radius 1 is 0.923 bits per heavy atom. The van der Waals surface area contributed by atoms with Crippen molar-refractivity contribution in [3.63, 3.8) is 0 Å². The van der Waals surface area contributed by atoms with E-state index in [1.54, 1.807) is 43.3 Å². The minimum Gasteiger partial charge on any atom is -0.457 e. The lowest BCUT2D eigenvalue weighted by molar-refractivity contribution is -0.140. The lowest BCUT2D eigenvalue weighted by Gasteiger charge is -2.33. The largest absolute Gasteiger partial charge is 0.457 e. The fourth-order valence-electron chi connectivity index (χ4n) is 4.01. The number of amides is 2. The van der Waals surface area contributed by atoms with Gasteiger partial charge in [0.25, 0.3) is 0 Å². The second-order valence-electron chi connectivity index (χ2n) is 9.41. The smallest absolute Gasteiger partial charge is 0.244 e. The first-order valence-corrected chi connectivity index (χ1v) is 14.5. The van der Waals surface area contributed by atoms with Crippen molar-refractivity contribution in [1.29, 1.82) is 0 Å². The van der Waals surface area contributed by atoms with Crippen molar-refractivity contribution in [2.75, 3.05) is 17.1 Å². The lowest BCUT2D eigenvalue weighted by atomic mass is 10.1. The molecule has 3 aromatic carbocycles. The van der Waals surface area contributed by atoms with Crippen molar-refractivity contribution >= 4 is 27.5 Å². The predicted octanol–water partition coefficient (Wildman–Crippen LogP) is 4.72. The molecule has 0 aliphatic carbocycles. The molecule has 3 rings (SSSR count). The van der Waals surface area contributed by atoms with Crippen LogP contribution in [0.4, 0.5) is 10.1 Å². The number of carbonyl (C=O) groups excluding carboxylic acids is 2. The van der Waals surface area contributed by atoms with Gasteiger partial charge in [0.2, 0.25) is 21.8 Å². The van der Waals surface area contributed by atoms with E-state index in [1.165, 1.54) is 29.2 Å². The van der Waals surface area contributed by atoms with E-state index in [0.29, 0.717) is 23.5 Å². The number of carbonyl (C=O) groups is 2. The Balaban J connectivity index is 1.89. The third-order valence-electron chi connectivity index (χ3n) is 5.87. The van der Waals surface area contributed by atoms with E-state index in [-0.39, 0.29) is 24.2 Å². The van der Waals surface area contributed by atoms with Gasteiger partial charge in [0.1, 0.15) is 29.9 Å². The normalized spacial score (nSPS) is 12.1. The summed E-state index contributed by atoms with van der Waals surface area (Å²) in [6, 6.07) is 20.1. The minimum atomic E-state index is -3.87. The summed E-state index contributed by atoms with van der Waals surface area (Å²) in [5.74, 6) is -0.221. The molecule has 2 amide bonds. The molecule has 0 aliphatic rings. The highest BCUT2D eigenvalue weighted by Crippen LogP contribution is 2.26. The topological polar surface area (TPSA) is 96.0 Å². The van der Waals surface area contributed by atoms with Crippen LogP contribution in [0.2, 0.25) is 0 Å². The average Bonchev–Trinajstić information content (AvgIpc) is 2.88. The molecule has 1 atom stereocenters. The summed E-state index contributed by atoms with van der Waals surface area (Å²) >= 11 is 0. The van der Waals surface area contributed by atoms with Crippen molar-refractivity contribution in [3.05, 3.63) is 90.2 Å². The number of nitrogens with zero attached hydrogens (tertiary/aromatic N) is 2. The van der Waals surface area contributed by atoms with Crippen LogP contribution in [0, 0.1) is 5.82 Å². The van der Waals surface area contributed by atoms with Gasteiger partial charge < -0.3 is 15.0 Å². The van der Waals surface area contributed by atoms with E-state index < -0.39 is 34.3 Å². The molecule has 1 N–H and O–H groups in total. The zero-order valence-corrected chi connectivity index (χ0v) is 23.3. The first-order valence-electron chi connectivity index (χ1n) is 12.6. The maximum Gasteiger partial charge on any atom is 0.244 e. The summed E-state index contributed by atoms with van der Waals surface area (Å²) in [5.41, 5.74) is 0.876. The highest BCUT2D eigenvalue weighted by atomic mass is 32.2. The van der Waals surface area contributed by atoms with E-state index in [1.807, 2.05) is 32.0 Å². The van der Waals surface area contributed by atoms with Crippen molar-refractivity contribution in [3.8, 4) is 11.5 Å². The van der Waals surface area contributed by atoms with Gasteiger partial charge in [0.15, 0.2) is 0 Å². The fourth-order valence-corrected chi connectivity index (χ4v) is 4.86. The summed E-state index contributed by atoms with van der Waals surface area (Å²) in [4.78, 5) is 28.0. The molecular formula is C29H34FN3O5S. The number of sulfonamides is 1. The van der Waals surface area contributed by atoms with Crippen LogP contribution in [0.5, 0.6) is 11.5 Å². The average molecular weight is 556 g/mol. The second-order valence-corrected chi connectivity index (χ2v) is 11.3. The molecule has 3 aromatic rings. The zero-order chi connectivity index (χ0) is 28.6. The molecule has 0 radical (unpaired) electrons. The summed E-state index contributed by atoms with van der Waals surface area (Å²) in [7, 11) is -3.87. The van der Waals surface area contributed by atoms with Gasteiger partial charge >= 0.3 is 0 Å². The number of nitrogens with one attached hydrogen (secondary N) is 1. The van der Waals surface area contributed by atoms with Gasteiger partial charge in [-0.3, -0.25) is 13.9 Å². The van der Waals surface area contributed by atoms with Crippen LogP contribution in [0.15, 0.2) is 78.9 Å². The quantitative estimate of drug-likeness (QED) is 0.349. The minimum absolute atomic E-state index is 0.00455. The van der Waals surface area contributed by atoms with Gasteiger partial charge in [-0.05, 0) is 74.4 Å². The Bertz CT molecular complexity index is 1350. The predicted molar refractivity (Wildman–Crippen MR) is 149 cm³/mol. The Morgan fingerprint density at radius 2 is 1.51 bits per heavy atom. The van der Waals surface area contributed by atoms with Crippen molar-refractivity contribution in [1.82, 2.24) is 10.2 Å². The van der Waals surface area contributed by atoms with Crippen molar-refractivity contribution < 1.29 is 27.1 Å². The Hall–Kier alpha value is -3.92. The van der Waals surface area contributed by atoms with Crippen LogP contribution in [0.3, 0.4) is 0 Å². The molecule has 0 spiro atoms. The van der Waals surface area contributed by atoms with Gasteiger partial charge in [-0.25, -0.2) is 12.8 Å². The number of anilines is 1. The van der Waals surface area contributed by atoms with Gasteiger partial charge in [-0.1, -0.05) is 37.3 Å². The fraction of sp³-hybridized carbons (Fsp3) is 0.310. The Morgan fingerprint density at radius 3 is 2.05 bits per heavy atom. The molecule has 0 bridgehead atoms. The standard InChI is InChI=1S/C29H34FN3O5S/c1-5-27(29(35)31-21(2)3)32(19-22-11-13-23(30)14-12-22)28(34)20-33(39(4,36)37)24-15-17-26(18-16-24)38-25-9-7-6-8-10-25/h6-18,21,27H,5,19-20H2,1-4H3,(H,31,35). The first kappa shape index (κ1) is 29.6. The lowest BCUT2D eigenvalue weighted by Crippen LogP contribution is -2.53. The molecule has 1 unspecified atom stereocenters. The van der Waals surface area contributed by atoms with Gasteiger partial charge in [-0.2, -0.15) is 0 Å². The molecule has 0 aromatic heterocycles. The summed E-state index contributed by atoms with van der Waals surface area (Å²) in [6.45, 7) is 4.88. The Kier molecular flexibility index (Phi) is 10.1. The SMILES string of the molecule is CCC(C(=O)NC(C)C)N(Cc1ccc(F)cc1)C(=O)CN(c1ccc(Oc2ccccc2)cc1)S(C)(=O)=O. The highest BCUT2D eigenvalue weighted by Gasteiger charge is 2.32. The van der Waals surface area contributed by atoms with Crippen LogP contribution in [0.1, 0.15) is 32.8 Å². The third-order valence-corrected chi connectivity index (χ3v) is 7.01. The van der Waals surface area contributed by atoms with Gasteiger partial charge in [0.05, 0.1) is 11.9 Å². The monoisotopic (exact) mass is 555 g/mol. The number of hydrogen-bond donors (Lipinski definition) is 1. The molecule has 208 valence electrons. The van der Waals surface area contributed by atoms with Crippen LogP contribution in [0.25, 0.3) is 0 Å². The Labute approximate surface area is 229 Å². The van der Waals surface area contributed by atoms with Crippen molar-refractivity contribution in [2.24, 2.45) is 0 Å². The maximum absolute atomic E-state index is 13.7. The van der Waals surface area contributed by atoms with E-state index in [0.717, 1.165) is 10.6 Å². The molecule has 8 nitrogen and oxygen atoms in total. The van der Waals surface area contributed by atoms with Gasteiger partial charge in [0, 0.05) is 12.6 Å². The molecule has 0 fully saturated rings. The number of para-hydroxylation sites is 1. The summed E-state index contributed by atoms with van der Waals surface area (Å²) in [6.07, 6.45) is 1.32. The van der Waals surface area contributed by atoms with Crippen LogP contribution >= 0.6 is 0 Å². The van der Waals surface area contributed by atoms with E-state index in [2.05, 4.69) is 5.32 Å². The number of hydrogen-bond acceptors (Lipinski definition) is 5. The highest BCUT2D eigenvalue weighted by molar-refractivity contribution is 7.92. The molecule has 39 heavy (non-hydrogen) atoms. The van der Waals surface area contributed by atoms with Crippen LogP contribution < -0.4 is 14.4 Å².